The van der Waals surface area contributed by atoms with Crippen LogP contribution in [0.25, 0.3) is 0 Å². The van der Waals surface area contributed by atoms with Crippen LogP contribution in [-0.4, -0.2) is 67.6 Å². The van der Waals surface area contributed by atoms with Crippen LogP contribution in [0.4, 0.5) is 4.70 Å². The van der Waals surface area contributed by atoms with Gasteiger partial charge < -0.3 is 9.59 Å². The van der Waals surface area contributed by atoms with Crippen LogP contribution in [-0.2, 0) is 4.46 Å². The van der Waals surface area contributed by atoms with E-state index in [0.717, 1.165) is 0 Å². The second-order valence-corrected chi connectivity index (χ2v) is 0.848. The second-order valence-electron chi connectivity index (χ2n) is 0.283. The summed E-state index contributed by atoms with van der Waals surface area (Å²) in [7, 11) is -3.13. The first kappa shape index (κ1) is 15.7. The molecule has 2 N–H and O–H groups in total. The molecule has 0 aliphatic carbocycles. The first-order valence-corrected chi connectivity index (χ1v) is 1.95. The molecular formula is H5BaFO3Si. The summed E-state index contributed by atoms with van der Waals surface area (Å²) in [5.41, 5.74) is 0. The molecule has 0 bridgehead atoms. The summed E-state index contributed by atoms with van der Waals surface area (Å²) in [4.78, 5) is 14.3. The fourth-order valence-electron chi connectivity index (χ4n) is 0. The van der Waals surface area contributed by atoms with E-state index in [1.807, 2.05) is 0 Å². The van der Waals surface area contributed by atoms with Crippen LogP contribution in [0.3, 0.4) is 0 Å². The fraction of sp³-hybridized carbons (Fsp3) is 0. The van der Waals surface area contributed by atoms with Gasteiger partial charge in [0.05, 0.1) is 0 Å². The first-order chi connectivity index (χ1) is 1.73. The number of hydrogen-bond acceptors (Lipinski definition) is 1. The quantitative estimate of drug-likeness (QED) is 0.463. The molecule has 3 nitrogen and oxygen atoms in total. The van der Waals surface area contributed by atoms with E-state index in [9.17, 15) is 0 Å². The Labute approximate surface area is 75.7 Å². The Morgan fingerprint density at radius 1 is 1.33 bits per heavy atom. The van der Waals surface area contributed by atoms with E-state index >= 15 is 0 Å². The Morgan fingerprint density at radius 3 is 1.33 bits per heavy atom. The Kier molecular flexibility index (Phi) is 24.7. The van der Waals surface area contributed by atoms with E-state index < -0.39 is 9.17 Å². The molecular weight excluding hydrogens is 232 g/mol. The van der Waals surface area contributed by atoms with Gasteiger partial charge >= 0.3 is 58.1 Å². The van der Waals surface area contributed by atoms with Gasteiger partial charge in [0.25, 0.3) is 0 Å². The summed E-state index contributed by atoms with van der Waals surface area (Å²) in [6, 6.07) is 0. The fourth-order valence-corrected chi connectivity index (χ4v) is 0. The molecule has 0 aromatic carbocycles. The van der Waals surface area contributed by atoms with Crippen molar-refractivity contribution in [1.82, 2.24) is 0 Å². The summed E-state index contributed by atoms with van der Waals surface area (Å²) in [5.74, 6) is 0. The SMILES string of the molecule is F.O=[Si](O)O.[BaH2]. The van der Waals surface area contributed by atoms with Crippen molar-refractivity contribution in [3.63, 3.8) is 0 Å². The molecule has 0 amide bonds. The van der Waals surface area contributed by atoms with Gasteiger partial charge in [-0.1, -0.05) is 0 Å². The van der Waals surface area contributed by atoms with Crippen molar-refractivity contribution in [2.75, 3.05) is 0 Å². The third kappa shape index (κ3) is 69.4. The molecule has 0 aliphatic heterocycles. The molecule has 0 radical (unpaired) electrons. The van der Waals surface area contributed by atoms with Gasteiger partial charge in [0.15, 0.2) is 0 Å². The van der Waals surface area contributed by atoms with Crippen LogP contribution in [0.15, 0.2) is 0 Å². The van der Waals surface area contributed by atoms with E-state index in [1.54, 1.807) is 0 Å². The van der Waals surface area contributed by atoms with Gasteiger partial charge in [0.2, 0.25) is 0 Å². The zero-order valence-electron chi connectivity index (χ0n) is 2.21. The molecule has 0 atom stereocenters. The molecule has 0 saturated heterocycles. The van der Waals surface area contributed by atoms with Crippen molar-refractivity contribution in [2.45, 2.75) is 0 Å². The van der Waals surface area contributed by atoms with Crippen LogP contribution in [0.2, 0.25) is 0 Å². The normalized spacial score (nSPS) is 4.00. The molecule has 6 heteroatoms. The molecule has 0 rings (SSSR count). The van der Waals surface area contributed by atoms with E-state index in [0.29, 0.717) is 0 Å². The zero-order chi connectivity index (χ0) is 3.58. The van der Waals surface area contributed by atoms with Crippen LogP contribution in [0, 0.1) is 0 Å². The Balaban J connectivity index is -0.0000000450. The summed E-state index contributed by atoms with van der Waals surface area (Å²) < 4.78 is 8.74. The maximum atomic E-state index is 8.74. The van der Waals surface area contributed by atoms with Crippen LogP contribution in [0.5, 0.6) is 0 Å². The monoisotopic (exact) mass is 238 g/mol. The van der Waals surface area contributed by atoms with Gasteiger partial charge in [-0.25, -0.2) is 0 Å². The molecule has 0 unspecified atom stereocenters. The van der Waals surface area contributed by atoms with Crippen molar-refractivity contribution >= 4 is 58.1 Å². The molecule has 0 aromatic heterocycles. The molecule has 0 aromatic rings. The molecule has 0 aliphatic rings. The number of halogens is 1. The van der Waals surface area contributed by atoms with Gasteiger partial charge in [0, 0.05) is 0 Å². The molecule has 0 spiro atoms. The predicted octanol–water partition coefficient (Wildman–Crippen LogP) is -2.38. The maximum absolute atomic E-state index is 8.74. The topological polar surface area (TPSA) is 57.5 Å². The molecule has 0 saturated carbocycles. The van der Waals surface area contributed by atoms with Gasteiger partial charge in [-0.05, 0) is 0 Å². The standard InChI is InChI=1S/Ba.FH.H2O3Si.2H/c;;1-4(2)3;;/h;1H;1-2H;;. The Hall–Kier alpha value is 1.12. The van der Waals surface area contributed by atoms with Crippen LogP contribution >= 0.6 is 0 Å². The average Bonchev–Trinajstić information content (AvgIpc) is 0.811. The van der Waals surface area contributed by atoms with Crippen LogP contribution < -0.4 is 0 Å². The van der Waals surface area contributed by atoms with Crippen LogP contribution in [0.1, 0.15) is 0 Å². The van der Waals surface area contributed by atoms with Crippen molar-refractivity contribution in [3.05, 3.63) is 0 Å². The zero-order valence-corrected chi connectivity index (χ0v) is 3.21. The van der Waals surface area contributed by atoms with Crippen molar-refractivity contribution < 1.29 is 18.8 Å². The Bertz CT molecular complexity index is 33.8. The molecule has 36 valence electrons. The van der Waals surface area contributed by atoms with E-state index in [4.69, 9.17) is 14.1 Å². The van der Waals surface area contributed by atoms with Crippen molar-refractivity contribution in [2.24, 2.45) is 0 Å². The predicted molar refractivity (Wildman–Crippen MR) is 21.9 cm³/mol. The van der Waals surface area contributed by atoms with Gasteiger partial charge in [0.1, 0.15) is 0 Å². The van der Waals surface area contributed by atoms with Crippen molar-refractivity contribution in [1.29, 1.82) is 0 Å². The van der Waals surface area contributed by atoms with Gasteiger partial charge in [-0.15, -0.1) is 0 Å². The Morgan fingerprint density at radius 2 is 1.33 bits per heavy atom. The minimum atomic E-state index is -3.13. The summed E-state index contributed by atoms with van der Waals surface area (Å²) >= 11 is 0. The third-order valence-corrected chi connectivity index (χ3v) is 0. The average molecular weight is 237 g/mol. The second kappa shape index (κ2) is 9.45. The molecule has 0 fully saturated rings. The summed E-state index contributed by atoms with van der Waals surface area (Å²) in [6.45, 7) is 0. The summed E-state index contributed by atoms with van der Waals surface area (Å²) in [5, 5.41) is 0. The van der Waals surface area contributed by atoms with Gasteiger partial charge in [-0.2, -0.15) is 0 Å². The number of hydrogen-bond donors (Lipinski definition) is 2. The van der Waals surface area contributed by atoms with Crippen molar-refractivity contribution in [3.8, 4) is 0 Å². The molecule has 6 heavy (non-hydrogen) atoms. The molecule has 0 heterocycles. The van der Waals surface area contributed by atoms with E-state index in [1.165, 1.54) is 0 Å². The first-order valence-electron chi connectivity index (χ1n) is 0.651. The minimum absolute atomic E-state index is 0. The summed E-state index contributed by atoms with van der Waals surface area (Å²) in [6.07, 6.45) is 0. The van der Waals surface area contributed by atoms with Gasteiger partial charge in [-0.3, -0.25) is 9.17 Å². The van der Waals surface area contributed by atoms with E-state index in [2.05, 4.69) is 0 Å². The van der Waals surface area contributed by atoms with E-state index in [-0.39, 0.29) is 53.6 Å². The number of rotatable bonds is 0. The third-order valence-electron chi connectivity index (χ3n) is 0.